The van der Waals surface area contributed by atoms with E-state index in [9.17, 15) is 15.0 Å². The Hall–Kier alpha value is -2.12. The van der Waals surface area contributed by atoms with Gasteiger partial charge in [-0.2, -0.15) is 0 Å². The Bertz CT molecular complexity index is 777. The van der Waals surface area contributed by atoms with Gasteiger partial charge in [-0.3, -0.25) is 14.7 Å². The van der Waals surface area contributed by atoms with Crippen LogP contribution in [0.25, 0.3) is 0 Å². The molecule has 1 aromatic carbocycles. The summed E-state index contributed by atoms with van der Waals surface area (Å²) in [6, 6.07) is 4.51. The van der Waals surface area contributed by atoms with E-state index >= 15 is 0 Å². The number of benzene rings is 1. The van der Waals surface area contributed by atoms with E-state index in [0.717, 1.165) is 17.8 Å². The van der Waals surface area contributed by atoms with Gasteiger partial charge in [0.15, 0.2) is 4.77 Å². The summed E-state index contributed by atoms with van der Waals surface area (Å²) >= 11 is 4.97. The summed E-state index contributed by atoms with van der Waals surface area (Å²) < 4.78 is 0.352. The molecular weight excluding hydrogens is 290 g/mol. The maximum atomic E-state index is 11.9. The quantitative estimate of drug-likeness (QED) is 0.630. The maximum absolute atomic E-state index is 11.9. The highest BCUT2D eigenvalue weighted by atomic mass is 32.1. The lowest BCUT2D eigenvalue weighted by Gasteiger charge is -2.27. The highest BCUT2D eigenvalue weighted by Gasteiger charge is 2.19. The molecule has 0 fully saturated rings. The molecule has 6 nitrogen and oxygen atoms in total. The number of nitrogens with zero attached hydrogens (tertiary/aromatic N) is 1. The Morgan fingerprint density at radius 3 is 2.62 bits per heavy atom. The fourth-order valence-corrected chi connectivity index (χ4v) is 2.87. The third-order valence-electron chi connectivity index (χ3n) is 3.56. The van der Waals surface area contributed by atoms with Gasteiger partial charge in [0.1, 0.15) is 11.5 Å². The summed E-state index contributed by atoms with van der Waals surface area (Å²) in [7, 11) is 0. The minimum Gasteiger partial charge on any atom is -0.508 e. The molecule has 0 bridgehead atoms. The number of phenolic OH excluding ortho intramolecular Hbond substituents is 2. The molecule has 2 aromatic rings. The number of aromatic nitrogens is 2. The average molecular weight is 305 g/mol. The molecule has 7 heteroatoms. The first kappa shape index (κ1) is 13.8. The van der Waals surface area contributed by atoms with Gasteiger partial charge in [-0.05, 0) is 29.9 Å². The Kier molecular flexibility index (Phi) is 3.52. The highest BCUT2D eigenvalue weighted by Crippen LogP contribution is 2.23. The van der Waals surface area contributed by atoms with Crippen molar-refractivity contribution in [3.63, 3.8) is 0 Å². The van der Waals surface area contributed by atoms with E-state index in [-0.39, 0.29) is 17.1 Å². The van der Waals surface area contributed by atoms with E-state index in [4.69, 9.17) is 12.2 Å². The first-order chi connectivity index (χ1) is 10.0. The third-order valence-corrected chi connectivity index (χ3v) is 3.76. The second-order valence-electron chi connectivity index (χ2n) is 5.18. The lowest BCUT2D eigenvalue weighted by atomic mass is 10.1. The van der Waals surface area contributed by atoms with E-state index in [1.54, 1.807) is 12.1 Å². The number of phenols is 2. The molecule has 110 valence electrons. The fourth-order valence-electron chi connectivity index (χ4n) is 2.65. The summed E-state index contributed by atoms with van der Waals surface area (Å²) in [5.74, 6) is 0.0636. The van der Waals surface area contributed by atoms with Crippen LogP contribution in [0.4, 0.5) is 0 Å². The molecule has 0 spiro atoms. The number of H-pyrrole nitrogens is 2. The zero-order valence-electron chi connectivity index (χ0n) is 11.2. The smallest absolute Gasteiger partial charge is 0.256 e. The summed E-state index contributed by atoms with van der Waals surface area (Å²) in [4.78, 5) is 19.6. The van der Waals surface area contributed by atoms with Crippen molar-refractivity contribution in [1.82, 2.24) is 14.9 Å². The van der Waals surface area contributed by atoms with Crippen LogP contribution in [0.15, 0.2) is 23.0 Å². The van der Waals surface area contributed by atoms with Gasteiger partial charge >= 0.3 is 0 Å². The number of hydrogen-bond acceptors (Lipinski definition) is 5. The third kappa shape index (κ3) is 2.98. The lowest BCUT2D eigenvalue weighted by molar-refractivity contribution is 0.241. The second kappa shape index (κ2) is 5.34. The predicted octanol–water partition coefficient (Wildman–Crippen LogP) is 1.40. The van der Waals surface area contributed by atoms with Gasteiger partial charge < -0.3 is 15.2 Å². The molecule has 0 unspecified atom stereocenters. The van der Waals surface area contributed by atoms with Crippen molar-refractivity contribution >= 4 is 12.2 Å². The lowest BCUT2D eigenvalue weighted by Crippen LogP contribution is -2.35. The van der Waals surface area contributed by atoms with Crippen molar-refractivity contribution in [1.29, 1.82) is 0 Å². The highest BCUT2D eigenvalue weighted by molar-refractivity contribution is 7.71. The minimum atomic E-state index is -0.155. The first-order valence-corrected chi connectivity index (χ1v) is 7.01. The van der Waals surface area contributed by atoms with Crippen LogP contribution in [0.1, 0.15) is 16.8 Å². The fraction of sp³-hybridized carbons (Fsp3) is 0.286. The topological polar surface area (TPSA) is 92.4 Å². The number of fused-ring (bicyclic) bond motifs is 1. The van der Waals surface area contributed by atoms with Crippen LogP contribution in [0.3, 0.4) is 0 Å². The van der Waals surface area contributed by atoms with Crippen LogP contribution < -0.4 is 5.56 Å². The monoisotopic (exact) mass is 305 g/mol. The molecule has 0 amide bonds. The molecule has 1 aliphatic heterocycles. The molecule has 21 heavy (non-hydrogen) atoms. The molecule has 0 saturated carbocycles. The minimum absolute atomic E-state index is 0.0318. The number of nitrogens with one attached hydrogen (secondary N) is 2. The molecule has 0 radical (unpaired) electrons. The first-order valence-electron chi connectivity index (χ1n) is 6.60. The number of aromatic amines is 2. The Morgan fingerprint density at radius 2 is 1.90 bits per heavy atom. The van der Waals surface area contributed by atoms with Gasteiger partial charge in [0.05, 0.1) is 5.56 Å². The van der Waals surface area contributed by atoms with Crippen molar-refractivity contribution in [2.45, 2.75) is 19.5 Å². The predicted molar refractivity (Wildman–Crippen MR) is 79.8 cm³/mol. The van der Waals surface area contributed by atoms with Crippen molar-refractivity contribution in [2.24, 2.45) is 0 Å². The average Bonchev–Trinajstić information content (AvgIpc) is 2.38. The van der Waals surface area contributed by atoms with Gasteiger partial charge in [0, 0.05) is 37.8 Å². The van der Waals surface area contributed by atoms with Crippen LogP contribution in [0.5, 0.6) is 11.5 Å². The normalized spacial score (nSPS) is 14.9. The SMILES string of the molecule is O=c1[nH]c(=S)[nH]c2c1CN(Cc1cc(O)cc(O)c1)CC2. The molecule has 4 N–H and O–H groups in total. The van der Waals surface area contributed by atoms with Crippen LogP contribution >= 0.6 is 12.2 Å². The van der Waals surface area contributed by atoms with Gasteiger partial charge in [-0.15, -0.1) is 0 Å². The van der Waals surface area contributed by atoms with Crippen molar-refractivity contribution in [3.8, 4) is 11.5 Å². The molecule has 0 aliphatic carbocycles. The summed E-state index contributed by atoms with van der Waals surface area (Å²) in [5, 5.41) is 19.0. The van der Waals surface area contributed by atoms with E-state index in [0.29, 0.717) is 29.8 Å². The largest absolute Gasteiger partial charge is 0.508 e. The standard InChI is InChI=1S/C14H15N3O3S/c18-9-3-8(4-10(19)5-9)6-17-2-1-12-11(7-17)13(20)16-14(21)15-12/h3-5,18-19H,1-2,6-7H2,(H2,15,16,20,21). The van der Waals surface area contributed by atoms with Crippen LogP contribution in [0.2, 0.25) is 0 Å². The summed E-state index contributed by atoms with van der Waals surface area (Å²) in [6.07, 6.45) is 0.716. The molecule has 1 aromatic heterocycles. The van der Waals surface area contributed by atoms with Crippen LogP contribution in [0, 0.1) is 4.77 Å². The van der Waals surface area contributed by atoms with E-state index < -0.39 is 0 Å². The molecule has 1 aliphatic rings. The number of rotatable bonds is 2. The summed E-state index contributed by atoms with van der Waals surface area (Å²) in [5.41, 5.74) is 2.23. The van der Waals surface area contributed by atoms with Crippen LogP contribution in [-0.4, -0.2) is 31.6 Å². The van der Waals surface area contributed by atoms with E-state index in [2.05, 4.69) is 14.9 Å². The van der Waals surface area contributed by atoms with Crippen molar-refractivity contribution < 1.29 is 10.2 Å². The van der Waals surface area contributed by atoms with Gasteiger partial charge in [-0.1, -0.05) is 0 Å². The second-order valence-corrected chi connectivity index (χ2v) is 5.59. The zero-order chi connectivity index (χ0) is 15.0. The Balaban J connectivity index is 1.83. The van der Waals surface area contributed by atoms with Crippen molar-refractivity contribution in [3.05, 3.63) is 50.1 Å². The zero-order valence-corrected chi connectivity index (χ0v) is 12.0. The molecule has 3 rings (SSSR count). The van der Waals surface area contributed by atoms with Crippen LogP contribution in [-0.2, 0) is 19.5 Å². The Morgan fingerprint density at radius 1 is 1.19 bits per heavy atom. The van der Waals surface area contributed by atoms with Gasteiger partial charge in [0.2, 0.25) is 0 Å². The molecule has 2 heterocycles. The number of aromatic hydroxyl groups is 2. The molecule has 0 saturated heterocycles. The van der Waals surface area contributed by atoms with Gasteiger partial charge in [-0.25, -0.2) is 0 Å². The number of hydrogen-bond donors (Lipinski definition) is 4. The van der Waals surface area contributed by atoms with E-state index in [1.165, 1.54) is 6.07 Å². The maximum Gasteiger partial charge on any atom is 0.256 e. The molecular formula is C14H15N3O3S. The Labute approximate surface area is 125 Å². The molecule has 0 atom stereocenters. The summed E-state index contributed by atoms with van der Waals surface area (Å²) in [6.45, 7) is 1.84. The van der Waals surface area contributed by atoms with Gasteiger partial charge in [0.25, 0.3) is 5.56 Å². The van der Waals surface area contributed by atoms with E-state index in [1.807, 2.05) is 0 Å². The van der Waals surface area contributed by atoms with Crippen molar-refractivity contribution in [2.75, 3.05) is 6.54 Å².